The molecule has 120 valence electrons. The highest BCUT2D eigenvalue weighted by Gasteiger charge is 2.36. The molecule has 0 spiro atoms. The number of ether oxygens (including phenoxy) is 1. The zero-order chi connectivity index (χ0) is 16.7. The van der Waals surface area contributed by atoms with Gasteiger partial charge in [-0.15, -0.1) is 0 Å². The molecule has 5 nitrogen and oxygen atoms in total. The Labute approximate surface area is 134 Å². The van der Waals surface area contributed by atoms with Gasteiger partial charge in [0.1, 0.15) is 0 Å². The number of benzene rings is 2. The average Bonchev–Trinajstić information content (AvgIpc) is 2.59. The van der Waals surface area contributed by atoms with Crippen molar-refractivity contribution >= 4 is 11.9 Å². The van der Waals surface area contributed by atoms with Gasteiger partial charge < -0.3 is 15.2 Å². The second-order valence-electron chi connectivity index (χ2n) is 5.17. The number of carbonyl (C=O) groups is 2. The molecular formula is C18H19NO4. The van der Waals surface area contributed by atoms with Gasteiger partial charge in [0.05, 0.1) is 6.61 Å². The van der Waals surface area contributed by atoms with Crippen LogP contribution in [0.2, 0.25) is 0 Å². The zero-order valence-electron chi connectivity index (χ0n) is 12.9. The normalized spacial score (nSPS) is 13.1. The van der Waals surface area contributed by atoms with E-state index in [2.05, 4.69) is 5.32 Å². The number of hydrogen-bond donors (Lipinski definition) is 2. The first kappa shape index (κ1) is 16.7. The van der Waals surface area contributed by atoms with Gasteiger partial charge in [-0.25, -0.2) is 4.79 Å². The minimum absolute atomic E-state index is 0.0935. The maximum Gasteiger partial charge on any atom is 0.340 e. The highest BCUT2D eigenvalue weighted by molar-refractivity contribution is 5.94. The summed E-state index contributed by atoms with van der Waals surface area (Å²) >= 11 is 0. The summed E-state index contributed by atoms with van der Waals surface area (Å²) in [7, 11) is 0. The first-order valence-electron chi connectivity index (χ1n) is 7.30. The Bertz CT molecular complexity index is 657. The molecule has 1 atom stereocenters. The molecule has 0 aliphatic carbocycles. The molecule has 23 heavy (non-hydrogen) atoms. The third kappa shape index (κ3) is 4.17. The minimum atomic E-state index is -1.45. The lowest BCUT2D eigenvalue weighted by atomic mass is 9.96. The quantitative estimate of drug-likeness (QED) is 0.770. The van der Waals surface area contributed by atoms with Gasteiger partial charge in [0.2, 0.25) is 0 Å². The van der Waals surface area contributed by atoms with E-state index in [1.807, 2.05) is 12.1 Å². The SMILES string of the molecule is CC(OCCNC(=O)c1ccccc1)(C(=O)O)c1ccccc1. The first-order valence-corrected chi connectivity index (χ1v) is 7.30. The van der Waals surface area contributed by atoms with Gasteiger partial charge in [-0.3, -0.25) is 4.79 Å². The number of aliphatic carboxylic acids is 1. The van der Waals surface area contributed by atoms with Crippen molar-refractivity contribution in [1.82, 2.24) is 5.32 Å². The molecule has 0 fully saturated rings. The number of carboxylic acids is 1. The van der Waals surface area contributed by atoms with Crippen LogP contribution in [0.5, 0.6) is 0 Å². The highest BCUT2D eigenvalue weighted by atomic mass is 16.5. The molecule has 2 N–H and O–H groups in total. The standard InChI is InChI=1S/C18H19NO4/c1-18(17(21)22,15-10-6-3-7-11-15)23-13-12-19-16(20)14-8-4-2-5-9-14/h2-11H,12-13H2,1H3,(H,19,20)(H,21,22). The van der Waals surface area contributed by atoms with Crippen LogP contribution in [0.1, 0.15) is 22.8 Å². The first-order chi connectivity index (χ1) is 11.0. The average molecular weight is 313 g/mol. The number of rotatable bonds is 7. The summed E-state index contributed by atoms with van der Waals surface area (Å²) < 4.78 is 5.55. The third-order valence-corrected chi connectivity index (χ3v) is 3.55. The lowest BCUT2D eigenvalue weighted by Gasteiger charge is -2.26. The van der Waals surface area contributed by atoms with Gasteiger partial charge in [-0.1, -0.05) is 48.5 Å². The number of hydrogen-bond acceptors (Lipinski definition) is 3. The molecule has 0 heterocycles. The summed E-state index contributed by atoms with van der Waals surface area (Å²) in [6.45, 7) is 1.82. The Hall–Kier alpha value is -2.66. The minimum Gasteiger partial charge on any atom is -0.479 e. The van der Waals surface area contributed by atoms with E-state index in [-0.39, 0.29) is 19.1 Å². The number of carboxylic acid groups (broad SMARTS) is 1. The van der Waals surface area contributed by atoms with Crippen molar-refractivity contribution in [2.24, 2.45) is 0 Å². The molecule has 1 amide bonds. The second-order valence-corrected chi connectivity index (χ2v) is 5.17. The second kappa shape index (κ2) is 7.56. The zero-order valence-corrected chi connectivity index (χ0v) is 12.9. The summed E-state index contributed by atoms with van der Waals surface area (Å²) in [6.07, 6.45) is 0. The van der Waals surface area contributed by atoms with Crippen molar-refractivity contribution in [2.75, 3.05) is 13.2 Å². The molecule has 0 radical (unpaired) electrons. The molecule has 0 saturated heterocycles. The molecule has 0 bridgehead atoms. The van der Waals surface area contributed by atoms with E-state index in [9.17, 15) is 14.7 Å². The van der Waals surface area contributed by atoms with Gasteiger partial charge in [0.15, 0.2) is 5.60 Å². The number of nitrogens with one attached hydrogen (secondary N) is 1. The fourth-order valence-corrected chi connectivity index (χ4v) is 2.14. The van der Waals surface area contributed by atoms with Crippen LogP contribution in [0, 0.1) is 0 Å². The van der Waals surface area contributed by atoms with Gasteiger partial charge >= 0.3 is 5.97 Å². The molecule has 5 heteroatoms. The third-order valence-electron chi connectivity index (χ3n) is 3.55. The Morgan fingerprint density at radius 2 is 1.61 bits per heavy atom. The van der Waals surface area contributed by atoms with E-state index in [0.717, 1.165) is 0 Å². The fourth-order valence-electron chi connectivity index (χ4n) is 2.14. The van der Waals surface area contributed by atoms with Crippen molar-refractivity contribution in [3.8, 4) is 0 Å². The molecule has 0 saturated carbocycles. The van der Waals surface area contributed by atoms with Crippen LogP contribution in [0.4, 0.5) is 0 Å². The van der Waals surface area contributed by atoms with Crippen molar-refractivity contribution in [3.05, 3.63) is 71.8 Å². The van der Waals surface area contributed by atoms with Gasteiger partial charge in [-0.05, 0) is 24.6 Å². The van der Waals surface area contributed by atoms with Crippen molar-refractivity contribution in [3.63, 3.8) is 0 Å². The van der Waals surface area contributed by atoms with Crippen molar-refractivity contribution in [1.29, 1.82) is 0 Å². The summed E-state index contributed by atoms with van der Waals surface area (Å²) in [5.74, 6) is -1.29. The predicted octanol–water partition coefficient (Wildman–Crippen LogP) is 2.43. The van der Waals surface area contributed by atoms with Gasteiger partial charge in [-0.2, -0.15) is 0 Å². The molecule has 2 aromatic carbocycles. The lowest BCUT2D eigenvalue weighted by Crippen LogP contribution is -2.38. The highest BCUT2D eigenvalue weighted by Crippen LogP contribution is 2.25. The van der Waals surface area contributed by atoms with Crippen molar-refractivity contribution in [2.45, 2.75) is 12.5 Å². The van der Waals surface area contributed by atoms with Crippen molar-refractivity contribution < 1.29 is 19.4 Å². The Balaban J connectivity index is 1.91. The summed E-state index contributed by atoms with van der Waals surface area (Å²) in [5, 5.41) is 12.2. The molecule has 2 rings (SSSR count). The van der Waals surface area contributed by atoms with Crippen LogP contribution >= 0.6 is 0 Å². The smallest absolute Gasteiger partial charge is 0.340 e. The number of carbonyl (C=O) groups excluding carboxylic acids is 1. The summed E-state index contributed by atoms with van der Waals surface area (Å²) in [4.78, 5) is 23.4. The maximum absolute atomic E-state index is 11.9. The Morgan fingerprint density at radius 1 is 1.04 bits per heavy atom. The van der Waals surface area contributed by atoms with E-state index >= 15 is 0 Å². The topological polar surface area (TPSA) is 75.6 Å². The number of amides is 1. The molecule has 0 aliphatic rings. The Kier molecular flexibility index (Phi) is 5.49. The van der Waals surface area contributed by atoms with E-state index < -0.39 is 11.6 Å². The lowest BCUT2D eigenvalue weighted by molar-refractivity contribution is -0.165. The predicted molar refractivity (Wildman–Crippen MR) is 86.2 cm³/mol. The molecular weight excluding hydrogens is 294 g/mol. The van der Waals surface area contributed by atoms with Crippen LogP contribution in [-0.4, -0.2) is 30.1 Å². The Morgan fingerprint density at radius 3 is 2.17 bits per heavy atom. The van der Waals surface area contributed by atoms with Crippen LogP contribution in [0.3, 0.4) is 0 Å². The monoisotopic (exact) mass is 313 g/mol. The molecule has 0 aliphatic heterocycles. The molecule has 1 unspecified atom stereocenters. The largest absolute Gasteiger partial charge is 0.479 e. The van der Waals surface area contributed by atoms with Gasteiger partial charge in [0, 0.05) is 12.1 Å². The van der Waals surface area contributed by atoms with E-state index in [1.165, 1.54) is 6.92 Å². The fraction of sp³-hybridized carbons (Fsp3) is 0.222. The van der Waals surface area contributed by atoms with E-state index in [4.69, 9.17) is 4.74 Å². The van der Waals surface area contributed by atoms with Crippen LogP contribution in [0.25, 0.3) is 0 Å². The van der Waals surface area contributed by atoms with Crippen LogP contribution < -0.4 is 5.32 Å². The van der Waals surface area contributed by atoms with E-state index in [0.29, 0.717) is 11.1 Å². The van der Waals surface area contributed by atoms with Crippen LogP contribution in [-0.2, 0) is 15.1 Å². The summed E-state index contributed by atoms with van der Waals surface area (Å²) in [5.41, 5.74) is -0.336. The molecule has 0 aromatic heterocycles. The van der Waals surface area contributed by atoms with Gasteiger partial charge in [0.25, 0.3) is 5.91 Å². The maximum atomic E-state index is 11.9. The summed E-state index contributed by atoms with van der Waals surface area (Å²) in [6, 6.07) is 17.6. The molecule has 2 aromatic rings. The van der Waals surface area contributed by atoms with Crippen LogP contribution in [0.15, 0.2) is 60.7 Å². The van der Waals surface area contributed by atoms with E-state index in [1.54, 1.807) is 48.5 Å².